The summed E-state index contributed by atoms with van der Waals surface area (Å²) in [5, 5.41) is -0.310. The summed E-state index contributed by atoms with van der Waals surface area (Å²) >= 11 is 6.31. The minimum Gasteiger partial charge on any atom is -0.443 e. The molecule has 0 N–H and O–H groups in total. The monoisotopic (exact) mass is 397 g/mol. The molecule has 0 heterocycles. The highest BCUT2D eigenvalue weighted by Crippen LogP contribution is 2.34. The average molecular weight is 398 g/mol. The van der Waals surface area contributed by atoms with Gasteiger partial charge in [-0.2, -0.15) is 0 Å². The molecule has 0 fully saturated rings. The molecule has 0 aromatic heterocycles. The first-order chi connectivity index (χ1) is 13.1. The number of amides is 1. The van der Waals surface area contributed by atoms with Crippen molar-refractivity contribution in [3.63, 3.8) is 0 Å². The summed E-state index contributed by atoms with van der Waals surface area (Å²) < 4.78 is 5.49. The Morgan fingerprint density at radius 3 is 2.00 bits per heavy atom. The molecule has 0 unspecified atom stereocenters. The van der Waals surface area contributed by atoms with Crippen LogP contribution >= 0.6 is 11.6 Å². The third-order valence-electron chi connectivity index (χ3n) is 4.13. The highest BCUT2D eigenvalue weighted by Gasteiger charge is 2.38. The molecule has 0 atom stereocenters. The lowest BCUT2D eigenvalue weighted by Crippen LogP contribution is -2.41. The van der Waals surface area contributed by atoms with Crippen molar-refractivity contribution in [2.75, 3.05) is 4.90 Å². The highest BCUT2D eigenvalue weighted by atomic mass is 35.5. The van der Waals surface area contributed by atoms with Gasteiger partial charge in [0.2, 0.25) is 11.6 Å². The summed E-state index contributed by atoms with van der Waals surface area (Å²) in [6.07, 6.45) is -0.787. The van der Waals surface area contributed by atoms with E-state index in [1.165, 1.54) is 0 Å². The molecule has 0 saturated carbocycles. The summed E-state index contributed by atoms with van der Waals surface area (Å²) in [7, 11) is 0. The van der Waals surface area contributed by atoms with Crippen molar-refractivity contribution in [1.82, 2.24) is 0 Å². The number of hydrogen-bond donors (Lipinski definition) is 0. The predicted octanol–water partition coefficient (Wildman–Crippen LogP) is 5.27. The number of halogens is 1. The van der Waals surface area contributed by atoms with Crippen LogP contribution < -0.4 is 4.90 Å². The molecule has 1 aliphatic rings. The van der Waals surface area contributed by atoms with Gasteiger partial charge in [0.25, 0.3) is 0 Å². The lowest BCUT2D eigenvalue weighted by atomic mass is 9.91. The molecule has 0 bridgehead atoms. The molecule has 0 radical (unpaired) electrons. The van der Waals surface area contributed by atoms with Crippen LogP contribution in [0.2, 0.25) is 0 Å². The molecular formula is C22H20ClNO4. The van der Waals surface area contributed by atoms with Gasteiger partial charge < -0.3 is 4.74 Å². The molecule has 2 aromatic carbocycles. The summed E-state index contributed by atoms with van der Waals surface area (Å²) in [5.41, 5.74) is 0.774. The van der Waals surface area contributed by atoms with Crippen LogP contribution in [0, 0.1) is 6.92 Å². The van der Waals surface area contributed by atoms with Gasteiger partial charge in [-0.1, -0.05) is 53.6 Å². The molecule has 5 nitrogen and oxygen atoms in total. The minimum atomic E-state index is -0.799. The van der Waals surface area contributed by atoms with Gasteiger partial charge in [-0.25, -0.2) is 9.69 Å². The summed E-state index contributed by atoms with van der Waals surface area (Å²) in [4.78, 5) is 40.0. The molecule has 3 rings (SSSR count). The van der Waals surface area contributed by atoms with E-state index in [1.54, 1.807) is 69.3 Å². The van der Waals surface area contributed by atoms with Gasteiger partial charge in [0.1, 0.15) is 16.3 Å². The molecular weight excluding hydrogens is 378 g/mol. The smallest absolute Gasteiger partial charge is 0.419 e. The van der Waals surface area contributed by atoms with Crippen molar-refractivity contribution in [2.45, 2.75) is 33.3 Å². The first-order valence-corrected chi connectivity index (χ1v) is 9.16. The second-order valence-corrected chi connectivity index (χ2v) is 7.90. The van der Waals surface area contributed by atoms with Crippen LogP contribution in [0.15, 0.2) is 59.3 Å². The van der Waals surface area contributed by atoms with Gasteiger partial charge in [0.05, 0.1) is 5.69 Å². The zero-order chi connectivity index (χ0) is 20.6. The largest absolute Gasteiger partial charge is 0.443 e. The van der Waals surface area contributed by atoms with Crippen molar-refractivity contribution in [3.05, 3.63) is 76.0 Å². The number of Topliss-reactive ketones (excluding diaryl/α,β-unsaturated/α-hetero) is 2. The van der Waals surface area contributed by atoms with Gasteiger partial charge in [0, 0.05) is 11.1 Å². The fourth-order valence-corrected chi connectivity index (χ4v) is 3.13. The number of allylic oxidation sites excluding steroid dienone is 2. The molecule has 0 spiro atoms. The second-order valence-electron chi connectivity index (χ2n) is 7.52. The SMILES string of the molecule is Cc1ccc(N(C(=O)OC(C)(C)C)C2=C(Cl)C(=O)c3ccccc3C2=O)cc1. The third-order valence-corrected chi connectivity index (χ3v) is 4.48. The third kappa shape index (κ3) is 3.71. The molecule has 0 aliphatic heterocycles. The van der Waals surface area contributed by atoms with E-state index < -0.39 is 23.3 Å². The van der Waals surface area contributed by atoms with E-state index in [0.29, 0.717) is 5.69 Å². The maximum absolute atomic E-state index is 13.2. The van der Waals surface area contributed by atoms with Crippen LogP contribution in [-0.2, 0) is 4.74 Å². The number of hydrogen-bond acceptors (Lipinski definition) is 4. The molecule has 0 saturated heterocycles. The Bertz CT molecular complexity index is 1000. The normalized spacial score (nSPS) is 14.0. The number of nitrogens with zero attached hydrogens (tertiary/aromatic N) is 1. The lowest BCUT2D eigenvalue weighted by molar-refractivity contribution is 0.0586. The van der Waals surface area contributed by atoms with Crippen LogP contribution in [0.4, 0.5) is 10.5 Å². The number of ether oxygens (including phenoxy) is 1. The van der Waals surface area contributed by atoms with E-state index in [2.05, 4.69) is 0 Å². The molecule has 1 amide bonds. The number of carbonyl (C=O) groups is 3. The maximum atomic E-state index is 13.2. The van der Waals surface area contributed by atoms with E-state index in [1.807, 2.05) is 6.92 Å². The molecule has 2 aromatic rings. The number of carbonyl (C=O) groups excluding carboxylic acids is 3. The zero-order valence-corrected chi connectivity index (χ0v) is 16.8. The molecule has 28 heavy (non-hydrogen) atoms. The van der Waals surface area contributed by atoms with Gasteiger partial charge >= 0.3 is 6.09 Å². The van der Waals surface area contributed by atoms with Gasteiger partial charge in [-0.05, 0) is 39.8 Å². The van der Waals surface area contributed by atoms with Gasteiger partial charge in [0.15, 0.2) is 0 Å². The van der Waals surface area contributed by atoms with Crippen molar-refractivity contribution >= 4 is 34.9 Å². The Hall–Kier alpha value is -2.92. The van der Waals surface area contributed by atoms with E-state index in [0.717, 1.165) is 10.5 Å². The average Bonchev–Trinajstić information content (AvgIpc) is 2.63. The van der Waals surface area contributed by atoms with Crippen LogP contribution in [0.1, 0.15) is 47.1 Å². The number of aryl methyl sites for hydroxylation is 1. The number of anilines is 1. The lowest BCUT2D eigenvalue weighted by Gasteiger charge is -2.30. The molecule has 6 heteroatoms. The van der Waals surface area contributed by atoms with Crippen molar-refractivity contribution < 1.29 is 19.1 Å². The highest BCUT2D eigenvalue weighted by molar-refractivity contribution is 6.50. The second kappa shape index (κ2) is 7.24. The van der Waals surface area contributed by atoms with Crippen molar-refractivity contribution in [2.24, 2.45) is 0 Å². The zero-order valence-electron chi connectivity index (χ0n) is 16.1. The number of rotatable bonds is 2. The van der Waals surface area contributed by atoms with E-state index in [-0.39, 0.29) is 21.9 Å². The number of benzene rings is 2. The van der Waals surface area contributed by atoms with E-state index in [9.17, 15) is 14.4 Å². The Morgan fingerprint density at radius 1 is 0.929 bits per heavy atom. The fourth-order valence-electron chi connectivity index (χ4n) is 2.86. The van der Waals surface area contributed by atoms with Gasteiger partial charge in [-0.3, -0.25) is 9.59 Å². The standard InChI is InChI=1S/C22H20ClNO4/c1-13-9-11-14(12-10-13)24(21(27)28-22(2,3)4)18-17(23)19(25)15-7-5-6-8-16(15)20(18)26/h5-12H,1-4H3. The van der Waals surface area contributed by atoms with E-state index >= 15 is 0 Å². The first kappa shape index (κ1) is 19.8. The number of fused-ring (bicyclic) bond motifs is 1. The predicted molar refractivity (Wildman–Crippen MR) is 108 cm³/mol. The molecule has 1 aliphatic carbocycles. The fraction of sp³-hybridized carbons (Fsp3) is 0.227. The quantitative estimate of drug-likeness (QED) is 0.692. The van der Waals surface area contributed by atoms with Crippen molar-refractivity contribution in [1.29, 1.82) is 0 Å². The van der Waals surface area contributed by atoms with Crippen molar-refractivity contribution in [3.8, 4) is 0 Å². The van der Waals surface area contributed by atoms with Crippen LogP contribution in [0.3, 0.4) is 0 Å². The van der Waals surface area contributed by atoms with Gasteiger partial charge in [-0.15, -0.1) is 0 Å². The summed E-state index contributed by atoms with van der Waals surface area (Å²) in [6, 6.07) is 13.3. The van der Waals surface area contributed by atoms with Crippen LogP contribution in [0.25, 0.3) is 0 Å². The minimum absolute atomic E-state index is 0.201. The number of ketones is 2. The van der Waals surface area contributed by atoms with Crippen LogP contribution in [0.5, 0.6) is 0 Å². The Morgan fingerprint density at radius 2 is 1.46 bits per heavy atom. The maximum Gasteiger partial charge on any atom is 0.419 e. The summed E-state index contributed by atoms with van der Waals surface area (Å²) in [5.74, 6) is -1.01. The first-order valence-electron chi connectivity index (χ1n) is 8.78. The van der Waals surface area contributed by atoms with E-state index in [4.69, 9.17) is 16.3 Å². The Balaban J connectivity index is 2.18. The Labute approximate surface area is 168 Å². The summed E-state index contributed by atoms with van der Waals surface area (Å²) in [6.45, 7) is 7.06. The topological polar surface area (TPSA) is 63.7 Å². The Kier molecular flexibility index (Phi) is 5.13. The van der Waals surface area contributed by atoms with Crippen LogP contribution in [-0.4, -0.2) is 23.3 Å². The molecule has 144 valence electrons.